The summed E-state index contributed by atoms with van der Waals surface area (Å²) in [6.07, 6.45) is 2.58. The lowest BCUT2D eigenvalue weighted by molar-refractivity contribution is -0.121. The van der Waals surface area contributed by atoms with E-state index in [0.29, 0.717) is 41.5 Å². The number of benzene rings is 2. The molecule has 0 spiro atoms. The third-order valence-electron chi connectivity index (χ3n) is 5.24. The summed E-state index contributed by atoms with van der Waals surface area (Å²) in [4.78, 5) is 22.0. The first-order valence-electron chi connectivity index (χ1n) is 9.85. The van der Waals surface area contributed by atoms with Crippen molar-refractivity contribution in [1.29, 1.82) is 0 Å². The van der Waals surface area contributed by atoms with E-state index in [1.807, 2.05) is 12.1 Å². The number of nitrogens with one attached hydrogen (secondary N) is 2. The first-order valence-corrected chi connectivity index (χ1v) is 11.4. The predicted molar refractivity (Wildman–Crippen MR) is 123 cm³/mol. The van der Waals surface area contributed by atoms with Crippen LogP contribution in [-0.4, -0.2) is 38.1 Å². The maximum absolute atomic E-state index is 13.4. The van der Waals surface area contributed by atoms with Gasteiger partial charge in [0.15, 0.2) is 11.5 Å². The van der Waals surface area contributed by atoms with Crippen LogP contribution < -0.4 is 10.6 Å². The molecule has 10 heteroatoms. The Morgan fingerprint density at radius 1 is 1.13 bits per heavy atom. The third-order valence-corrected chi connectivity index (χ3v) is 6.30. The minimum atomic E-state index is -0.414. The Balaban J connectivity index is 1.71. The molecule has 5 rings (SSSR count). The van der Waals surface area contributed by atoms with Crippen molar-refractivity contribution >= 4 is 60.3 Å². The molecule has 1 amide bonds. The number of rotatable bonds is 3. The summed E-state index contributed by atoms with van der Waals surface area (Å²) in [7, 11) is 0. The summed E-state index contributed by atoms with van der Waals surface area (Å²) in [5, 5.41) is 11.6. The second-order valence-electron chi connectivity index (χ2n) is 7.38. The Bertz CT molecular complexity index is 1310. The van der Waals surface area contributed by atoms with Gasteiger partial charge in [-0.3, -0.25) is 4.79 Å². The van der Waals surface area contributed by atoms with Gasteiger partial charge in [0.1, 0.15) is 11.9 Å². The van der Waals surface area contributed by atoms with Crippen molar-refractivity contribution in [3.8, 4) is 11.4 Å². The highest BCUT2D eigenvalue weighted by Crippen LogP contribution is 2.32. The number of aromatic nitrogens is 4. The van der Waals surface area contributed by atoms with Gasteiger partial charge in [-0.1, -0.05) is 15.9 Å². The van der Waals surface area contributed by atoms with Crippen LogP contribution in [0.5, 0.6) is 0 Å². The molecular weight excluding hydrogens is 531 g/mol. The van der Waals surface area contributed by atoms with E-state index >= 15 is 0 Å². The number of halogens is 3. The number of anilines is 1. The average Bonchev–Trinajstić information content (AvgIpc) is 3.10. The molecule has 0 radical (unpaired) electrons. The fourth-order valence-corrected chi connectivity index (χ4v) is 5.00. The van der Waals surface area contributed by atoms with Crippen LogP contribution in [0.3, 0.4) is 0 Å². The van der Waals surface area contributed by atoms with Crippen LogP contribution in [0, 0.1) is 5.82 Å². The molecule has 158 valence electrons. The molecule has 2 N–H and O–H groups in total. The number of hydrogen-bond donors (Lipinski definition) is 2. The molecule has 1 aliphatic rings. The van der Waals surface area contributed by atoms with Gasteiger partial charge in [0.2, 0.25) is 11.9 Å². The second kappa shape index (κ2) is 8.16. The summed E-state index contributed by atoms with van der Waals surface area (Å²) in [5.41, 5.74) is 1.97. The minimum absolute atomic E-state index is 0.0544. The Morgan fingerprint density at radius 2 is 1.94 bits per heavy atom. The van der Waals surface area contributed by atoms with Crippen LogP contribution in [0.15, 0.2) is 45.3 Å². The van der Waals surface area contributed by atoms with E-state index in [-0.39, 0.29) is 11.7 Å². The van der Waals surface area contributed by atoms with Crippen molar-refractivity contribution in [3.63, 3.8) is 0 Å². The number of nitrogens with zero attached hydrogens (tertiary/aromatic N) is 4. The van der Waals surface area contributed by atoms with E-state index in [4.69, 9.17) is 9.97 Å². The van der Waals surface area contributed by atoms with Gasteiger partial charge in [-0.05, 0) is 71.6 Å². The molecule has 0 aliphatic carbocycles. The van der Waals surface area contributed by atoms with Crippen LogP contribution in [0.2, 0.25) is 0 Å². The number of carbonyl (C=O) groups excluding carboxylic acids is 1. The van der Waals surface area contributed by atoms with Gasteiger partial charge in [-0.25, -0.2) is 14.4 Å². The number of carbonyl (C=O) groups is 1. The van der Waals surface area contributed by atoms with Crippen molar-refractivity contribution in [1.82, 2.24) is 24.9 Å². The van der Waals surface area contributed by atoms with Crippen LogP contribution in [-0.2, 0) is 4.79 Å². The van der Waals surface area contributed by atoms with Crippen molar-refractivity contribution in [3.05, 3.63) is 51.2 Å². The van der Waals surface area contributed by atoms with Crippen LogP contribution in [0.25, 0.3) is 27.9 Å². The largest absolute Gasteiger partial charge is 0.354 e. The summed E-state index contributed by atoms with van der Waals surface area (Å²) >= 11 is 7.10. The molecule has 3 heterocycles. The Hall–Kier alpha value is -2.59. The number of amides is 1. The van der Waals surface area contributed by atoms with Crippen molar-refractivity contribution in [2.75, 3.05) is 11.9 Å². The average molecular weight is 548 g/mol. The fourth-order valence-electron chi connectivity index (χ4n) is 3.68. The standard InChI is InChI=1S/C21H17Br2FN6O/c22-12-9-14-17(15(23)10-12)27-21(26-16-3-1-2-8-25-20(16)31)30-19(14)28-18(29-30)11-4-6-13(24)7-5-11/h4-7,9-10,16H,1-3,8H2,(H,25,31)(H,26,27)/t16-/m1/s1. The Kier molecular flexibility index (Phi) is 5.35. The van der Waals surface area contributed by atoms with E-state index < -0.39 is 6.04 Å². The van der Waals surface area contributed by atoms with E-state index in [2.05, 4.69) is 47.6 Å². The number of fused-ring (bicyclic) bond motifs is 3. The van der Waals surface area contributed by atoms with Gasteiger partial charge in [-0.2, -0.15) is 4.52 Å². The van der Waals surface area contributed by atoms with Crippen LogP contribution in [0.4, 0.5) is 10.3 Å². The zero-order chi connectivity index (χ0) is 21.5. The quantitative estimate of drug-likeness (QED) is 0.389. The summed E-state index contributed by atoms with van der Waals surface area (Å²) in [6.45, 7) is 0.676. The monoisotopic (exact) mass is 546 g/mol. The normalized spacial score (nSPS) is 17.0. The molecule has 1 saturated heterocycles. The molecule has 1 atom stereocenters. The zero-order valence-electron chi connectivity index (χ0n) is 16.2. The highest BCUT2D eigenvalue weighted by Gasteiger charge is 2.24. The topological polar surface area (TPSA) is 84.2 Å². The Morgan fingerprint density at radius 3 is 2.74 bits per heavy atom. The Labute approximate surface area is 193 Å². The molecule has 0 unspecified atom stereocenters. The van der Waals surface area contributed by atoms with Crippen molar-refractivity contribution in [2.45, 2.75) is 25.3 Å². The van der Waals surface area contributed by atoms with Gasteiger partial charge in [-0.15, -0.1) is 5.10 Å². The lowest BCUT2D eigenvalue weighted by Crippen LogP contribution is -2.38. The van der Waals surface area contributed by atoms with E-state index in [1.165, 1.54) is 12.1 Å². The van der Waals surface area contributed by atoms with Gasteiger partial charge < -0.3 is 10.6 Å². The third kappa shape index (κ3) is 3.89. The summed E-state index contributed by atoms with van der Waals surface area (Å²) in [6, 6.07) is 9.44. The fraction of sp³-hybridized carbons (Fsp3) is 0.238. The highest BCUT2D eigenvalue weighted by molar-refractivity contribution is 9.11. The SMILES string of the molecule is O=C1NCCCC[C@H]1Nc1nc2c(Br)cc(Br)cc2c2nc(-c3ccc(F)cc3)nn12. The number of hydrogen-bond acceptors (Lipinski definition) is 5. The first kappa shape index (κ1) is 20.3. The van der Waals surface area contributed by atoms with Gasteiger partial charge in [0.05, 0.1) is 5.52 Å². The molecule has 4 aromatic rings. The second-order valence-corrected chi connectivity index (χ2v) is 9.15. The molecule has 0 bridgehead atoms. The lowest BCUT2D eigenvalue weighted by Gasteiger charge is -2.17. The molecule has 31 heavy (non-hydrogen) atoms. The lowest BCUT2D eigenvalue weighted by atomic mass is 10.1. The molecule has 0 saturated carbocycles. The summed E-state index contributed by atoms with van der Waals surface area (Å²) in [5.74, 6) is 0.489. The molecular formula is C21H17Br2FN6O. The maximum atomic E-state index is 13.4. The molecule has 2 aromatic carbocycles. The smallest absolute Gasteiger partial charge is 0.242 e. The zero-order valence-corrected chi connectivity index (χ0v) is 19.4. The van der Waals surface area contributed by atoms with E-state index in [0.717, 1.165) is 27.2 Å². The summed E-state index contributed by atoms with van der Waals surface area (Å²) < 4.78 is 16.7. The van der Waals surface area contributed by atoms with Gasteiger partial charge in [0.25, 0.3) is 0 Å². The molecule has 7 nitrogen and oxygen atoms in total. The predicted octanol–water partition coefficient (Wildman–Crippen LogP) is 4.69. The molecule has 1 aliphatic heterocycles. The minimum Gasteiger partial charge on any atom is -0.354 e. The van der Waals surface area contributed by atoms with Crippen LogP contribution in [0.1, 0.15) is 19.3 Å². The van der Waals surface area contributed by atoms with Crippen molar-refractivity contribution in [2.24, 2.45) is 0 Å². The van der Waals surface area contributed by atoms with Gasteiger partial charge >= 0.3 is 0 Å². The maximum Gasteiger partial charge on any atom is 0.242 e. The van der Waals surface area contributed by atoms with Crippen molar-refractivity contribution < 1.29 is 9.18 Å². The molecule has 2 aromatic heterocycles. The van der Waals surface area contributed by atoms with Gasteiger partial charge in [0, 0.05) is 26.4 Å². The highest BCUT2D eigenvalue weighted by atomic mass is 79.9. The molecule has 1 fully saturated rings. The van der Waals surface area contributed by atoms with Crippen LogP contribution >= 0.6 is 31.9 Å². The van der Waals surface area contributed by atoms with E-state index in [1.54, 1.807) is 16.6 Å². The first-order chi connectivity index (χ1) is 15.0. The van der Waals surface area contributed by atoms with E-state index in [9.17, 15) is 9.18 Å².